The molecule has 0 aliphatic carbocycles. The van der Waals surface area contributed by atoms with E-state index in [2.05, 4.69) is 92.6 Å². The van der Waals surface area contributed by atoms with E-state index < -0.39 is 31.6 Å². The monoisotopic (exact) mass is 795 g/mol. The van der Waals surface area contributed by atoms with Crippen LogP contribution in [0.3, 0.4) is 0 Å². The van der Waals surface area contributed by atoms with Crippen LogP contribution >= 0.6 is 0 Å². The van der Waals surface area contributed by atoms with Crippen molar-refractivity contribution in [3.63, 3.8) is 0 Å². The predicted molar refractivity (Wildman–Crippen MR) is 165 cm³/mol. The fourth-order valence-electron chi connectivity index (χ4n) is 4.61. The van der Waals surface area contributed by atoms with E-state index in [1.54, 1.807) is 18.5 Å². The largest absolute Gasteiger partial charge is 0.339 e. The number of halogens is 4. The van der Waals surface area contributed by atoms with Crippen molar-refractivity contribution in [2.75, 3.05) is 0 Å². The smallest absolute Gasteiger partial charge is 0.128 e. The molecule has 44 heavy (non-hydrogen) atoms. The molecule has 2 aromatic carbocycles. The molecule has 0 aliphatic rings. The summed E-state index contributed by atoms with van der Waals surface area (Å²) in [6.45, 7) is 15.1. The number of para-hydroxylation sites is 1. The van der Waals surface area contributed by atoms with Crippen molar-refractivity contribution in [1.82, 2.24) is 19.5 Å². The van der Waals surface area contributed by atoms with Gasteiger partial charge in [0, 0.05) is 56.0 Å². The molecule has 10 heteroatoms. The van der Waals surface area contributed by atoms with Crippen molar-refractivity contribution in [3.8, 4) is 28.3 Å². The van der Waals surface area contributed by atoms with E-state index >= 15 is 0 Å². The minimum absolute atomic E-state index is 0. The molecule has 0 fully saturated rings. The first-order valence-corrected chi connectivity index (χ1v) is 17.5. The van der Waals surface area contributed by atoms with Crippen LogP contribution in [0.15, 0.2) is 67.1 Å². The molecule has 233 valence electrons. The molecule has 3 heterocycles. The summed E-state index contributed by atoms with van der Waals surface area (Å²) in [5.74, 6) is -2.06. The van der Waals surface area contributed by atoms with Gasteiger partial charge < -0.3 is 9.55 Å². The predicted octanol–water partition coefficient (Wildman–Crippen LogP) is 8.63. The number of rotatable bonds is 6. The summed E-state index contributed by atoms with van der Waals surface area (Å²) in [4.78, 5) is 11.7. The molecule has 5 rings (SSSR count). The molecule has 0 unspecified atom stereocenters. The molecule has 0 spiro atoms. The number of imidazole rings is 1. The molecule has 4 nitrogen and oxygen atoms in total. The minimum atomic E-state index is -1.42. The van der Waals surface area contributed by atoms with Crippen LogP contribution in [-0.4, -0.2) is 27.6 Å². The third-order valence-corrected chi connectivity index (χ3v) is 8.97. The number of hydrogen-bond donors (Lipinski definition) is 0. The SMILES string of the molecule is CC(C)c1cccc(C(C)C)c1-n1ccnc1-c1[c-]cc(F)cc1F.C[Si](C)(C)c1ccc(-c2[c-]cc(F)nc2F)nc1.[Ir]. The standard InChI is InChI=1S/C21H21F2N2.C13H13F2N2Si.Ir/c1-13(2)16-6-5-7-17(14(3)4)20(16)25-11-10-24-21(25)18-9-8-15(22)12-19(18)23;1-18(2,3)9-4-6-11(16-8-9)10-5-7-12(14)17-13(10)15;/h5-8,10-14H,1-4H3;4,6-8H,1-3H3;/q2*-1;. The van der Waals surface area contributed by atoms with E-state index in [0.717, 1.165) is 35.0 Å². The topological polar surface area (TPSA) is 43.6 Å². The molecule has 0 bridgehead atoms. The van der Waals surface area contributed by atoms with Gasteiger partial charge in [-0.25, -0.2) is 8.78 Å². The van der Waals surface area contributed by atoms with Gasteiger partial charge in [-0.3, -0.25) is 18.7 Å². The van der Waals surface area contributed by atoms with E-state index in [4.69, 9.17) is 0 Å². The number of aromatic nitrogens is 4. The number of pyridine rings is 2. The molecule has 0 N–H and O–H groups in total. The Balaban J connectivity index is 0.000000247. The van der Waals surface area contributed by atoms with Gasteiger partial charge >= 0.3 is 0 Å². The molecular weight excluding hydrogens is 761 g/mol. The molecule has 0 amide bonds. The number of benzene rings is 2. The Hall–Kier alpha value is -3.46. The molecule has 5 aromatic rings. The van der Waals surface area contributed by atoms with E-state index in [1.807, 2.05) is 16.8 Å². The van der Waals surface area contributed by atoms with Gasteiger partial charge in [0.2, 0.25) is 0 Å². The molecule has 0 saturated heterocycles. The average Bonchev–Trinajstić information content (AvgIpc) is 3.42. The Kier molecular flexibility index (Phi) is 11.6. The van der Waals surface area contributed by atoms with Crippen LogP contribution in [0.5, 0.6) is 0 Å². The fourth-order valence-corrected chi connectivity index (χ4v) is 5.65. The average molecular weight is 795 g/mol. The maximum atomic E-state index is 14.3. The number of hydrogen-bond acceptors (Lipinski definition) is 3. The van der Waals surface area contributed by atoms with Gasteiger partial charge in [0.1, 0.15) is 11.9 Å². The first-order chi connectivity index (χ1) is 20.3. The van der Waals surface area contributed by atoms with Crippen molar-refractivity contribution in [3.05, 3.63) is 114 Å². The first-order valence-electron chi connectivity index (χ1n) is 14.0. The third-order valence-electron chi connectivity index (χ3n) is 6.94. The number of nitrogens with zero attached hydrogens (tertiary/aromatic N) is 4. The van der Waals surface area contributed by atoms with Crippen molar-refractivity contribution in [2.45, 2.75) is 59.2 Å². The van der Waals surface area contributed by atoms with Gasteiger partial charge in [-0.2, -0.15) is 0 Å². The zero-order valence-electron chi connectivity index (χ0n) is 25.6. The zero-order chi connectivity index (χ0) is 31.5. The van der Waals surface area contributed by atoms with Crippen LogP contribution in [-0.2, 0) is 20.1 Å². The van der Waals surface area contributed by atoms with Crippen LogP contribution in [0.4, 0.5) is 17.6 Å². The van der Waals surface area contributed by atoms with Gasteiger partial charge in [0.15, 0.2) is 0 Å². The van der Waals surface area contributed by atoms with Crippen LogP contribution in [0, 0.1) is 35.7 Å². The van der Waals surface area contributed by atoms with E-state index in [-0.39, 0.29) is 31.2 Å². The van der Waals surface area contributed by atoms with E-state index in [1.165, 1.54) is 5.19 Å². The van der Waals surface area contributed by atoms with E-state index in [0.29, 0.717) is 23.4 Å². The summed E-state index contributed by atoms with van der Waals surface area (Å²) in [6, 6.07) is 18.1. The Morgan fingerprint density at radius 1 is 0.818 bits per heavy atom. The Labute approximate surface area is 271 Å². The summed E-state index contributed by atoms with van der Waals surface area (Å²) in [5.41, 5.74) is 4.01. The Bertz CT molecular complexity index is 1690. The van der Waals surface area contributed by atoms with Crippen LogP contribution < -0.4 is 5.19 Å². The fraction of sp³-hybridized carbons (Fsp3) is 0.265. The Morgan fingerprint density at radius 3 is 1.98 bits per heavy atom. The minimum Gasteiger partial charge on any atom is -0.339 e. The van der Waals surface area contributed by atoms with Crippen molar-refractivity contribution in [2.24, 2.45) is 0 Å². The van der Waals surface area contributed by atoms with Crippen molar-refractivity contribution in [1.29, 1.82) is 0 Å². The summed E-state index contributed by atoms with van der Waals surface area (Å²) in [7, 11) is -1.42. The molecule has 0 saturated carbocycles. The summed E-state index contributed by atoms with van der Waals surface area (Å²) < 4.78 is 55.6. The van der Waals surface area contributed by atoms with Gasteiger partial charge in [-0.05, 0) is 33.8 Å². The Morgan fingerprint density at radius 2 is 1.45 bits per heavy atom. The summed E-state index contributed by atoms with van der Waals surface area (Å²) >= 11 is 0. The maximum absolute atomic E-state index is 14.3. The molecule has 0 aliphatic heterocycles. The summed E-state index contributed by atoms with van der Waals surface area (Å²) in [6.07, 6.45) is 5.20. The van der Waals surface area contributed by atoms with Crippen molar-refractivity contribution < 1.29 is 37.7 Å². The first kappa shape index (κ1) is 35.0. The second kappa shape index (κ2) is 14.5. The maximum Gasteiger partial charge on any atom is 0.128 e. The van der Waals surface area contributed by atoms with Gasteiger partial charge in [0.25, 0.3) is 0 Å². The van der Waals surface area contributed by atoms with Crippen LogP contribution in [0.25, 0.3) is 28.3 Å². The second-order valence-electron chi connectivity index (χ2n) is 11.8. The zero-order valence-corrected chi connectivity index (χ0v) is 29.0. The quantitative estimate of drug-likeness (QED) is 0.0749. The van der Waals surface area contributed by atoms with Crippen LogP contribution in [0.1, 0.15) is 50.7 Å². The normalized spacial score (nSPS) is 11.3. The molecular formula is C34H34F4IrN4Si-2. The van der Waals surface area contributed by atoms with Gasteiger partial charge in [0.05, 0.1) is 13.9 Å². The molecule has 0 atom stereocenters. The van der Waals surface area contributed by atoms with Gasteiger partial charge in [-0.1, -0.05) is 101 Å². The van der Waals surface area contributed by atoms with Crippen molar-refractivity contribution >= 4 is 13.3 Å². The molecule has 3 aromatic heterocycles. The molecule has 1 radical (unpaired) electrons. The van der Waals surface area contributed by atoms with Gasteiger partial charge in [-0.15, -0.1) is 18.2 Å². The summed E-state index contributed by atoms with van der Waals surface area (Å²) in [5, 5.41) is 1.18. The second-order valence-corrected chi connectivity index (χ2v) is 16.9. The van der Waals surface area contributed by atoms with E-state index in [9.17, 15) is 17.6 Å². The third kappa shape index (κ3) is 7.97. The van der Waals surface area contributed by atoms with Crippen LogP contribution in [0.2, 0.25) is 19.6 Å².